The van der Waals surface area contributed by atoms with Gasteiger partial charge in [0, 0.05) is 25.7 Å². The maximum absolute atomic E-state index is 13.1. The molecule has 552 valence electrons. The molecule has 0 saturated carbocycles. The van der Waals surface area contributed by atoms with Crippen molar-refractivity contribution in [1.29, 1.82) is 0 Å². The van der Waals surface area contributed by atoms with Gasteiger partial charge in [0.2, 0.25) is 0 Å². The third kappa shape index (κ3) is 67.0. The summed E-state index contributed by atoms with van der Waals surface area (Å²) in [5.41, 5.74) is 0. The van der Waals surface area contributed by atoms with E-state index in [2.05, 4.69) is 34.6 Å². The lowest BCUT2D eigenvalue weighted by molar-refractivity contribution is -0.161. The van der Waals surface area contributed by atoms with Crippen molar-refractivity contribution in [1.82, 2.24) is 0 Å². The molecule has 19 heteroatoms. The number of ether oxygens (including phenoxy) is 4. The summed E-state index contributed by atoms with van der Waals surface area (Å²) in [5.74, 6) is -1.38. The maximum Gasteiger partial charge on any atom is 0.472 e. The van der Waals surface area contributed by atoms with Crippen molar-refractivity contribution in [3.8, 4) is 0 Å². The number of carbonyl (C=O) groups excluding carboxylic acids is 4. The largest absolute Gasteiger partial charge is 0.472 e. The van der Waals surface area contributed by atoms with Crippen LogP contribution in [0.4, 0.5) is 0 Å². The van der Waals surface area contributed by atoms with E-state index in [4.69, 9.17) is 37.0 Å². The summed E-state index contributed by atoms with van der Waals surface area (Å²) in [6, 6.07) is 0. The van der Waals surface area contributed by atoms with Crippen LogP contribution in [0.15, 0.2) is 0 Å². The van der Waals surface area contributed by atoms with Crippen LogP contribution in [0.1, 0.15) is 388 Å². The Labute approximate surface area is 568 Å². The molecule has 0 rings (SSSR count). The Kier molecular flexibility index (Phi) is 65.9. The van der Waals surface area contributed by atoms with Crippen LogP contribution in [-0.4, -0.2) is 96.7 Å². The molecule has 0 heterocycles. The maximum atomic E-state index is 13.1. The lowest BCUT2D eigenvalue weighted by Gasteiger charge is -2.21. The topological polar surface area (TPSA) is 237 Å². The summed E-state index contributed by atoms with van der Waals surface area (Å²) < 4.78 is 68.5. The van der Waals surface area contributed by atoms with Gasteiger partial charge in [-0.2, -0.15) is 0 Å². The summed E-state index contributed by atoms with van der Waals surface area (Å²) in [4.78, 5) is 72.7. The summed E-state index contributed by atoms with van der Waals surface area (Å²) in [6.07, 6.45) is 55.3. The van der Waals surface area contributed by atoms with Gasteiger partial charge in [0.25, 0.3) is 0 Å². The zero-order valence-electron chi connectivity index (χ0n) is 60.4. The van der Waals surface area contributed by atoms with E-state index in [0.29, 0.717) is 25.7 Å². The van der Waals surface area contributed by atoms with Crippen LogP contribution in [0.3, 0.4) is 0 Å². The van der Waals surface area contributed by atoms with Gasteiger partial charge in [-0.1, -0.05) is 336 Å². The van der Waals surface area contributed by atoms with Gasteiger partial charge >= 0.3 is 39.5 Å². The highest BCUT2D eigenvalue weighted by Gasteiger charge is 2.30. The first-order chi connectivity index (χ1) is 45.1. The van der Waals surface area contributed by atoms with Crippen molar-refractivity contribution in [3.63, 3.8) is 0 Å². The Morgan fingerprint density at radius 3 is 0.763 bits per heavy atom. The molecular weight excluding hydrogens is 1220 g/mol. The van der Waals surface area contributed by atoms with Crippen LogP contribution in [-0.2, 0) is 65.4 Å². The second-order valence-corrected chi connectivity index (χ2v) is 29.8. The third-order valence-corrected chi connectivity index (χ3v) is 19.5. The Hall–Kier alpha value is -1.94. The molecule has 3 N–H and O–H groups in total. The fourth-order valence-electron chi connectivity index (χ4n) is 11.3. The average molecular weight is 1370 g/mol. The summed E-state index contributed by atoms with van der Waals surface area (Å²) >= 11 is 0. The van der Waals surface area contributed by atoms with Gasteiger partial charge in [-0.15, -0.1) is 0 Å². The van der Waals surface area contributed by atoms with E-state index < -0.39 is 97.5 Å². The normalized spacial score (nSPS) is 14.3. The highest BCUT2D eigenvalue weighted by atomic mass is 31.2. The highest BCUT2D eigenvalue weighted by Crippen LogP contribution is 2.45. The number of aliphatic hydroxyl groups is 1. The molecule has 0 aromatic carbocycles. The molecule has 6 atom stereocenters. The predicted molar refractivity (Wildman–Crippen MR) is 377 cm³/mol. The summed E-state index contributed by atoms with van der Waals surface area (Å²) in [5, 5.41) is 10.6. The van der Waals surface area contributed by atoms with Crippen molar-refractivity contribution < 1.29 is 80.2 Å². The molecule has 0 radical (unpaired) electrons. The molecule has 0 aliphatic carbocycles. The van der Waals surface area contributed by atoms with Gasteiger partial charge in [-0.3, -0.25) is 37.3 Å². The molecule has 0 amide bonds. The van der Waals surface area contributed by atoms with Crippen LogP contribution in [0.2, 0.25) is 0 Å². The second kappa shape index (κ2) is 67.3. The number of hydrogen-bond acceptors (Lipinski definition) is 15. The van der Waals surface area contributed by atoms with Crippen LogP contribution in [0, 0.1) is 5.92 Å². The van der Waals surface area contributed by atoms with E-state index in [1.54, 1.807) is 0 Å². The zero-order valence-corrected chi connectivity index (χ0v) is 62.2. The Morgan fingerprint density at radius 2 is 0.516 bits per heavy atom. The summed E-state index contributed by atoms with van der Waals surface area (Å²) in [7, 11) is -9.91. The van der Waals surface area contributed by atoms with E-state index in [1.165, 1.54) is 205 Å². The third-order valence-electron chi connectivity index (χ3n) is 17.6. The first-order valence-corrected chi connectivity index (χ1v) is 41.7. The molecule has 93 heavy (non-hydrogen) atoms. The fourth-order valence-corrected chi connectivity index (χ4v) is 12.9. The number of phosphoric ester groups is 2. The van der Waals surface area contributed by atoms with Crippen molar-refractivity contribution in [2.24, 2.45) is 5.92 Å². The van der Waals surface area contributed by atoms with Gasteiger partial charge in [0.1, 0.15) is 19.3 Å². The number of esters is 4. The molecule has 0 aliphatic rings. The molecule has 0 aliphatic heterocycles. The van der Waals surface area contributed by atoms with E-state index in [1.807, 2.05) is 0 Å². The van der Waals surface area contributed by atoms with Crippen LogP contribution in [0.5, 0.6) is 0 Å². The highest BCUT2D eigenvalue weighted by molar-refractivity contribution is 7.47. The molecule has 0 saturated heterocycles. The van der Waals surface area contributed by atoms with Crippen molar-refractivity contribution >= 4 is 39.5 Å². The number of aliphatic hydroxyl groups excluding tert-OH is 1. The van der Waals surface area contributed by atoms with Crippen LogP contribution in [0.25, 0.3) is 0 Å². The smallest absolute Gasteiger partial charge is 0.462 e. The number of carbonyl (C=O) groups is 4. The van der Waals surface area contributed by atoms with Gasteiger partial charge in [0.05, 0.1) is 26.4 Å². The van der Waals surface area contributed by atoms with Gasteiger partial charge in [-0.05, 0) is 31.6 Å². The minimum atomic E-state index is -4.95. The zero-order chi connectivity index (χ0) is 68.4. The monoisotopic (exact) mass is 1370 g/mol. The van der Waals surface area contributed by atoms with Crippen LogP contribution >= 0.6 is 15.6 Å². The second-order valence-electron chi connectivity index (χ2n) is 26.9. The fraction of sp³-hybridized carbons (Fsp3) is 0.946. The standard InChI is InChI=1S/C74H144O17P2/c1-6-10-13-16-19-22-25-28-31-34-37-40-43-50-55-60-73(78)90-69(63-84-71(76)57-52-47-41-38-35-32-29-26-23-20-17-14-11-7-2)65-88-92(80,81)86-61-68(75)62-87-93(82,83)89-66-70(64-85-72(77)58-53-48-45-44-46-51-56-67(5)9-4)91-74(79)59-54-49-42-39-36-33-30-27-24-21-18-15-12-8-3/h67-70,75H,6-66H2,1-5H3,(H,80,81)(H,82,83)/t67?,68-,69-,70-/m1/s1. The molecule has 3 unspecified atom stereocenters. The first kappa shape index (κ1) is 91.1. The lowest BCUT2D eigenvalue weighted by atomic mass is 10.00. The molecule has 0 spiro atoms. The molecule has 0 aromatic rings. The van der Waals surface area contributed by atoms with Crippen molar-refractivity contribution in [2.45, 2.75) is 406 Å². The van der Waals surface area contributed by atoms with Gasteiger partial charge < -0.3 is 33.8 Å². The predicted octanol–water partition coefficient (Wildman–Crippen LogP) is 21.7. The minimum Gasteiger partial charge on any atom is -0.462 e. The number of rotatable bonds is 74. The average Bonchev–Trinajstić information content (AvgIpc) is 3.74. The Morgan fingerprint density at radius 1 is 0.301 bits per heavy atom. The van der Waals surface area contributed by atoms with Gasteiger partial charge in [0.15, 0.2) is 12.2 Å². The first-order valence-electron chi connectivity index (χ1n) is 38.7. The van der Waals surface area contributed by atoms with Gasteiger partial charge in [-0.25, -0.2) is 9.13 Å². The number of phosphoric acid groups is 2. The quantitative estimate of drug-likeness (QED) is 0.0222. The summed E-state index contributed by atoms with van der Waals surface area (Å²) in [6.45, 7) is 7.25. The van der Waals surface area contributed by atoms with Crippen LogP contribution < -0.4 is 0 Å². The Balaban J connectivity index is 5.25. The molecule has 0 fully saturated rings. The van der Waals surface area contributed by atoms with Crippen molar-refractivity contribution in [3.05, 3.63) is 0 Å². The molecule has 0 aromatic heterocycles. The lowest BCUT2D eigenvalue weighted by Crippen LogP contribution is -2.30. The van der Waals surface area contributed by atoms with E-state index >= 15 is 0 Å². The molecule has 17 nitrogen and oxygen atoms in total. The number of hydrogen-bond donors (Lipinski definition) is 3. The molecular formula is C74H144O17P2. The van der Waals surface area contributed by atoms with E-state index in [9.17, 15) is 43.2 Å². The van der Waals surface area contributed by atoms with Crippen molar-refractivity contribution in [2.75, 3.05) is 39.6 Å². The minimum absolute atomic E-state index is 0.107. The van der Waals surface area contributed by atoms with E-state index in [0.717, 1.165) is 102 Å². The Bertz CT molecular complexity index is 1790. The van der Waals surface area contributed by atoms with E-state index in [-0.39, 0.29) is 25.7 Å². The SMILES string of the molecule is CCCCCCCCCCCCCCCCCC(=O)O[C@H](COC(=O)CCCCCCCCCCCCCCCC)COP(=O)(O)OC[C@@H](O)COP(=O)(O)OC[C@@H](COC(=O)CCCCCCCCC(C)CC)OC(=O)CCCCCCCCCCCCCCCC. The molecule has 0 bridgehead atoms. The number of unbranched alkanes of at least 4 members (excludes halogenated alkanes) is 45.